The van der Waals surface area contributed by atoms with Gasteiger partial charge in [0.2, 0.25) is 5.95 Å². The molecule has 3 nitrogen and oxygen atoms in total. The van der Waals surface area contributed by atoms with E-state index in [2.05, 4.69) is 52.5 Å². The minimum absolute atomic E-state index is 0.329. The number of hydrogen-bond acceptors (Lipinski definition) is 3. The first kappa shape index (κ1) is 11.2. The van der Waals surface area contributed by atoms with Crippen LogP contribution in [0.3, 0.4) is 0 Å². The van der Waals surface area contributed by atoms with Crippen molar-refractivity contribution >= 4 is 17.3 Å². The van der Waals surface area contributed by atoms with Gasteiger partial charge in [-0.25, -0.2) is 4.98 Å². The summed E-state index contributed by atoms with van der Waals surface area (Å²) >= 11 is 1.73. The van der Waals surface area contributed by atoms with Crippen molar-refractivity contribution in [2.45, 2.75) is 32.9 Å². The quantitative estimate of drug-likeness (QED) is 0.880. The van der Waals surface area contributed by atoms with Crippen LogP contribution in [-0.2, 0) is 0 Å². The molecule has 0 bridgehead atoms. The topological polar surface area (TPSA) is 29.9 Å². The molecule has 0 aliphatic carbocycles. The van der Waals surface area contributed by atoms with Crippen molar-refractivity contribution in [2.75, 3.05) is 5.32 Å². The van der Waals surface area contributed by atoms with Crippen LogP contribution < -0.4 is 5.32 Å². The number of anilines is 1. The molecule has 16 heavy (non-hydrogen) atoms. The fourth-order valence-corrected chi connectivity index (χ4v) is 2.42. The Kier molecular flexibility index (Phi) is 3.29. The maximum absolute atomic E-state index is 4.34. The molecule has 86 valence electrons. The van der Waals surface area contributed by atoms with E-state index in [0.717, 1.165) is 5.95 Å². The minimum Gasteiger partial charge on any atom is -0.353 e. The summed E-state index contributed by atoms with van der Waals surface area (Å²) in [5.41, 5.74) is 1.33. The molecule has 0 spiro atoms. The highest BCUT2D eigenvalue weighted by Gasteiger charge is 2.12. The number of rotatable bonds is 4. The van der Waals surface area contributed by atoms with Gasteiger partial charge in [0.25, 0.3) is 0 Å². The summed E-state index contributed by atoms with van der Waals surface area (Å²) in [5, 5.41) is 7.65. The summed E-state index contributed by atoms with van der Waals surface area (Å²) in [7, 11) is 0. The highest BCUT2D eigenvalue weighted by Crippen LogP contribution is 2.23. The average molecular weight is 235 g/mol. The number of nitrogens with one attached hydrogen (secondary N) is 1. The van der Waals surface area contributed by atoms with Crippen molar-refractivity contribution in [3.63, 3.8) is 0 Å². The maximum atomic E-state index is 4.34. The predicted molar refractivity (Wildman–Crippen MR) is 69.1 cm³/mol. The van der Waals surface area contributed by atoms with Crippen LogP contribution in [0.25, 0.3) is 0 Å². The molecular weight excluding hydrogens is 218 g/mol. The van der Waals surface area contributed by atoms with Crippen molar-refractivity contribution < 1.29 is 0 Å². The molecule has 2 rings (SSSR count). The first-order valence-corrected chi connectivity index (χ1v) is 6.44. The normalized spacial score (nSPS) is 13.0. The van der Waals surface area contributed by atoms with Gasteiger partial charge in [-0.15, -0.1) is 0 Å². The van der Waals surface area contributed by atoms with Gasteiger partial charge in [0.15, 0.2) is 0 Å². The van der Waals surface area contributed by atoms with Crippen molar-refractivity contribution in [2.24, 2.45) is 0 Å². The molecule has 4 heteroatoms. The third-order valence-corrected chi connectivity index (χ3v) is 3.23. The number of nitrogens with zero attached hydrogens (tertiary/aromatic N) is 2. The van der Waals surface area contributed by atoms with E-state index in [4.69, 9.17) is 0 Å². The molecule has 0 saturated heterocycles. The van der Waals surface area contributed by atoms with E-state index >= 15 is 0 Å². The van der Waals surface area contributed by atoms with Crippen LogP contribution in [0.5, 0.6) is 0 Å². The van der Waals surface area contributed by atoms with Crippen molar-refractivity contribution in [3.8, 4) is 0 Å². The zero-order chi connectivity index (χ0) is 11.5. The Morgan fingerprint density at radius 1 is 1.38 bits per heavy atom. The van der Waals surface area contributed by atoms with Gasteiger partial charge in [-0.2, -0.15) is 11.3 Å². The molecule has 2 aromatic heterocycles. The van der Waals surface area contributed by atoms with Gasteiger partial charge in [-0.05, 0) is 43.2 Å². The van der Waals surface area contributed by atoms with E-state index in [-0.39, 0.29) is 0 Å². The van der Waals surface area contributed by atoms with Crippen LogP contribution in [0.4, 0.5) is 5.95 Å². The Morgan fingerprint density at radius 2 is 2.19 bits per heavy atom. The van der Waals surface area contributed by atoms with Crippen molar-refractivity contribution in [1.29, 1.82) is 0 Å². The largest absolute Gasteiger partial charge is 0.353 e. The predicted octanol–water partition coefficient (Wildman–Crippen LogP) is 3.37. The summed E-state index contributed by atoms with van der Waals surface area (Å²) in [6, 6.07) is 2.89. The highest BCUT2D eigenvalue weighted by atomic mass is 32.1. The summed E-state index contributed by atoms with van der Waals surface area (Å²) in [4.78, 5) is 4.34. The van der Waals surface area contributed by atoms with E-state index in [1.54, 1.807) is 11.3 Å². The zero-order valence-electron chi connectivity index (χ0n) is 9.84. The van der Waals surface area contributed by atoms with E-state index in [1.165, 1.54) is 5.56 Å². The maximum Gasteiger partial charge on any atom is 0.203 e. The first-order valence-electron chi connectivity index (χ1n) is 5.50. The fraction of sp³-hybridized carbons (Fsp3) is 0.417. The number of hydrogen-bond donors (Lipinski definition) is 1. The average Bonchev–Trinajstić information content (AvgIpc) is 2.84. The summed E-state index contributed by atoms with van der Waals surface area (Å²) in [6.07, 6.45) is 3.86. The molecule has 0 aliphatic heterocycles. The zero-order valence-corrected chi connectivity index (χ0v) is 10.7. The number of aromatic nitrogens is 2. The molecule has 1 unspecified atom stereocenters. The summed E-state index contributed by atoms with van der Waals surface area (Å²) in [5.74, 6) is 0.939. The Balaban J connectivity index is 2.23. The van der Waals surface area contributed by atoms with Crippen LogP contribution in [0.15, 0.2) is 29.2 Å². The molecule has 0 fully saturated rings. The third-order valence-electron chi connectivity index (χ3n) is 2.53. The van der Waals surface area contributed by atoms with E-state index in [9.17, 15) is 0 Å². The van der Waals surface area contributed by atoms with Crippen LogP contribution in [0.2, 0.25) is 0 Å². The van der Waals surface area contributed by atoms with Gasteiger partial charge in [0, 0.05) is 18.4 Å². The monoisotopic (exact) mass is 235 g/mol. The van der Waals surface area contributed by atoms with Gasteiger partial charge in [-0.1, -0.05) is 0 Å². The van der Waals surface area contributed by atoms with Gasteiger partial charge >= 0.3 is 0 Å². The Labute approximate surface area is 100 Å². The molecule has 1 atom stereocenters. The minimum atomic E-state index is 0.329. The second-order valence-electron chi connectivity index (χ2n) is 4.19. The molecule has 0 amide bonds. The Hall–Kier alpha value is -1.29. The smallest absolute Gasteiger partial charge is 0.203 e. The van der Waals surface area contributed by atoms with Gasteiger partial charge in [-0.3, -0.25) is 0 Å². The van der Waals surface area contributed by atoms with Crippen molar-refractivity contribution in [3.05, 3.63) is 34.8 Å². The lowest BCUT2D eigenvalue weighted by molar-refractivity contribution is 0.640. The second-order valence-corrected chi connectivity index (χ2v) is 4.97. The van der Waals surface area contributed by atoms with Crippen LogP contribution in [-0.4, -0.2) is 15.6 Å². The van der Waals surface area contributed by atoms with Crippen LogP contribution >= 0.6 is 11.3 Å². The lowest BCUT2D eigenvalue weighted by atomic mass is 10.2. The number of thiophene rings is 1. The Bertz CT molecular complexity index is 431. The second kappa shape index (κ2) is 4.70. The van der Waals surface area contributed by atoms with E-state index in [1.807, 2.05) is 12.4 Å². The van der Waals surface area contributed by atoms with Crippen LogP contribution in [0, 0.1) is 0 Å². The molecule has 1 N–H and O–H groups in total. The third kappa shape index (κ3) is 2.27. The lowest BCUT2D eigenvalue weighted by Gasteiger charge is -2.17. The van der Waals surface area contributed by atoms with Crippen LogP contribution in [0.1, 0.15) is 32.4 Å². The Morgan fingerprint density at radius 3 is 2.81 bits per heavy atom. The molecule has 0 aliphatic rings. The van der Waals surface area contributed by atoms with Gasteiger partial charge in [0.1, 0.15) is 0 Å². The summed E-state index contributed by atoms with van der Waals surface area (Å²) in [6.45, 7) is 6.43. The standard InChI is InChI=1S/C12H17N3S/c1-9(2)14-12-13-5-6-15(12)10(3)11-4-7-16-8-11/h4-10H,1-3H3,(H,13,14). The molecule has 2 heterocycles. The summed E-state index contributed by atoms with van der Waals surface area (Å²) < 4.78 is 2.17. The van der Waals surface area contributed by atoms with Gasteiger partial charge < -0.3 is 9.88 Å². The molecule has 0 aromatic carbocycles. The van der Waals surface area contributed by atoms with Gasteiger partial charge in [0.05, 0.1) is 6.04 Å². The lowest BCUT2D eigenvalue weighted by Crippen LogP contribution is -2.16. The van der Waals surface area contributed by atoms with E-state index < -0.39 is 0 Å². The highest BCUT2D eigenvalue weighted by molar-refractivity contribution is 7.07. The SMILES string of the molecule is CC(C)Nc1nccn1C(C)c1ccsc1. The van der Waals surface area contributed by atoms with E-state index in [0.29, 0.717) is 12.1 Å². The molecule has 2 aromatic rings. The number of imidazole rings is 1. The molecule has 0 radical (unpaired) electrons. The van der Waals surface area contributed by atoms with Crippen molar-refractivity contribution in [1.82, 2.24) is 9.55 Å². The molecular formula is C12H17N3S. The first-order chi connectivity index (χ1) is 7.68. The molecule has 0 saturated carbocycles. The fourth-order valence-electron chi connectivity index (χ4n) is 1.67.